The average molecular weight is 272 g/mol. The smallest absolute Gasteiger partial charge is 0.134 e. The van der Waals surface area contributed by atoms with Gasteiger partial charge in [0.05, 0.1) is 7.11 Å². The summed E-state index contributed by atoms with van der Waals surface area (Å²) >= 11 is 0. The van der Waals surface area contributed by atoms with Gasteiger partial charge in [-0.2, -0.15) is 0 Å². The predicted octanol–water partition coefficient (Wildman–Crippen LogP) is 2.49. The second-order valence-corrected chi connectivity index (χ2v) is 4.47. The maximum atomic E-state index is 5.22. The number of hydrogen-bond acceptors (Lipinski definition) is 5. The number of benzene rings is 1. The van der Waals surface area contributed by atoms with Gasteiger partial charge >= 0.3 is 0 Å². The van der Waals surface area contributed by atoms with E-state index in [0.29, 0.717) is 0 Å². The Labute approximate surface area is 119 Å². The van der Waals surface area contributed by atoms with Gasteiger partial charge in [-0.1, -0.05) is 12.1 Å². The summed E-state index contributed by atoms with van der Waals surface area (Å²) in [5.74, 6) is 2.61. The summed E-state index contributed by atoms with van der Waals surface area (Å²) < 4.78 is 5.22. The number of hydrogen-bond donors (Lipinski definition) is 2. The third kappa shape index (κ3) is 3.38. The Morgan fingerprint density at radius 3 is 2.75 bits per heavy atom. The van der Waals surface area contributed by atoms with Crippen LogP contribution in [0, 0.1) is 6.92 Å². The van der Waals surface area contributed by atoms with E-state index in [1.165, 1.54) is 5.56 Å². The number of nitrogens with one attached hydrogen (secondary N) is 2. The molecular formula is C15H20N4O. The number of methoxy groups -OCH3 is 1. The van der Waals surface area contributed by atoms with E-state index in [1.54, 1.807) is 13.4 Å². The Balaban J connectivity index is 1.96. The topological polar surface area (TPSA) is 59.1 Å². The molecule has 0 saturated carbocycles. The zero-order valence-corrected chi connectivity index (χ0v) is 12.1. The highest BCUT2D eigenvalue weighted by atomic mass is 16.5. The minimum absolute atomic E-state index is 0.814. The van der Waals surface area contributed by atoms with Gasteiger partial charge in [0.15, 0.2) is 0 Å². The molecule has 1 aromatic carbocycles. The van der Waals surface area contributed by atoms with E-state index >= 15 is 0 Å². The molecule has 20 heavy (non-hydrogen) atoms. The molecule has 0 saturated heterocycles. The van der Waals surface area contributed by atoms with Crippen LogP contribution in [0.15, 0.2) is 30.6 Å². The van der Waals surface area contributed by atoms with Gasteiger partial charge in [0, 0.05) is 19.2 Å². The van der Waals surface area contributed by atoms with Crippen LogP contribution >= 0.6 is 0 Å². The molecule has 0 atom stereocenters. The molecule has 106 valence electrons. The van der Waals surface area contributed by atoms with Crippen molar-refractivity contribution in [3.8, 4) is 5.75 Å². The molecule has 5 heteroatoms. The zero-order valence-electron chi connectivity index (χ0n) is 12.1. The van der Waals surface area contributed by atoms with Gasteiger partial charge in [0.25, 0.3) is 0 Å². The molecule has 0 radical (unpaired) electrons. The molecule has 0 fully saturated rings. The van der Waals surface area contributed by atoms with E-state index in [9.17, 15) is 0 Å². The van der Waals surface area contributed by atoms with Crippen molar-refractivity contribution >= 4 is 11.6 Å². The van der Waals surface area contributed by atoms with Crippen LogP contribution in [-0.2, 0) is 6.42 Å². The molecule has 0 spiro atoms. The molecule has 0 bridgehead atoms. The lowest BCUT2D eigenvalue weighted by Gasteiger charge is -2.11. The first-order chi connectivity index (χ1) is 9.74. The summed E-state index contributed by atoms with van der Waals surface area (Å²) in [7, 11) is 3.54. The van der Waals surface area contributed by atoms with Crippen LogP contribution in [0.3, 0.4) is 0 Å². The normalized spacial score (nSPS) is 10.2. The van der Waals surface area contributed by atoms with E-state index in [2.05, 4.69) is 26.7 Å². The molecule has 1 aromatic heterocycles. The van der Waals surface area contributed by atoms with E-state index < -0.39 is 0 Å². The van der Waals surface area contributed by atoms with E-state index in [-0.39, 0.29) is 0 Å². The van der Waals surface area contributed by atoms with Crippen molar-refractivity contribution in [1.82, 2.24) is 9.97 Å². The minimum Gasteiger partial charge on any atom is -0.497 e. The average Bonchev–Trinajstić information content (AvgIpc) is 2.49. The van der Waals surface area contributed by atoms with Crippen molar-refractivity contribution in [2.24, 2.45) is 0 Å². The number of ether oxygens (including phenoxy) is 1. The van der Waals surface area contributed by atoms with Crippen LogP contribution in [0.4, 0.5) is 11.6 Å². The lowest BCUT2D eigenvalue weighted by atomic mass is 10.1. The fourth-order valence-corrected chi connectivity index (χ4v) is 2.03. The summed E-state index contributed by atoms with van der Waals surface area (Å²) in [6, 6.07) is 8.09. The second kappa shape index (κ2) is 6.75. The first kappa shape index (κ1) is 14.1. The highest BCUT2D eigenvalue weighted by Gasteiger charge is 2.04. The molecular weight excluding hydrogens is 252 g/mol. The van der Waals surface area contributed by atoms with Crippen LogP contribution in [0.1, 0.15) is 11.1 Å². The third-order valence-electron chi connectivity index (χ3n) is 3.16. The van der Waals surface area contributed by atoms with Crippen LogP contribution in [0.2, 0.25) is 0 Å². The summed E-state index contributed by atoms with van der Waals surface area (Å²) in [4.78, 5) is 8.43. The summed E-state index contributed by atoms with van der Waals surface area (Å²) in [5, 5.41) is 6.39. The Kier molecular flexibility index (Phi) is 4.76. The maximum absolute atomic E-state index is 5.22. The monoisotopic (exact) mass is 272 g/mol. The fourth-order valence-electron chi connectivity index (χ4n) is 2.03. The molecule has 0 aliphatic carbocycles. The van der Waals surface area contributed by atoms with Gasteiger partial charge in [-0.15, -0.1) is 0 Å². The molecule has 0 aliphatic heterocycles. The van der Waals surface area contributed by atoms with Gasteiger partial charge in [0.2, 0.25) is 0 Å². The fraction of sp³-hybridized carbons (Fsp3) is 0.333. The number of anilines is 2. The summed E-state index contributed by atoms with van der Waals surface area (Å²) in [6.45, 7) is 2.81. The minimum atomic E-state index is 0.814. The van der Waals surface area contributed by atoms with Crippen LogP contribution in [0.5, 0.6) is 5.75 Å². The van der Waals surface area contributed by atoms with Crippen molar-refractivity contribution in [2.45, 2.75) is 13.3 Å². The lowest BCUT2D eigenvalue weighted by molar-refractivity contribution is 0.414. The standard InChI is InChI=1S/C15H20N4O/c1-11-14(16-2)18-10-19-15(11)17-8-7-12-5-4-6-13(9-12)20-3/h4-6,9-10H,7-8H2,1-3H3,(H2,16,17,18,19). The molecule has 2 N–H and O–H groups in total. The first-order valence-electron chi connectivity index (χ1n) is 6.60. The van der Waals surface area contributed by atoms with E-state index in [4.69, 9.17) is 4.74 Å². The molecule has 1 heterocycles. The molecule has 0 aliphatic rings. The van der Waals surface area contributed by atoms with E-state index in [0.717, 1.165) is 35.9 Å². The molecule has 5 nitrogen and oxygen atoms in total. The Hall–Kier alpha value is -2.30. The van der Waals surface area contributed by atoms with Crippen molar-refractivity contribution < 1.29 is 4.74 Å². The second-order valence-electron chi connectivity index (χ2n) is 4.47. The van der Waals surface area contributed by atoms with Gasteiger partial charge in [-0.05, 0) is 31.0 Å². The maximum Gasteiger partial charge on any atom is 0.134 e. The van der Waals surface area contributed by atoms with Gasteiger partial charge in [0.1, 0.15) is 23.7 Å². The third-order valence-corrected chi connectivity index (χ3v) is 3.16. The molecule has 0 unspecified atom stereocenters. The Morgan fingerprint density at radius 2 is 2.00 bits per heavy atom. The van der Waals surface area contributed by atoms with Crippen LogP contribution < -0.4 is 15.4 Å². The highest BCUT2D eigenvalue weighted by molar-refractivity contribution is 5.56. The number of nitrogens with zero attached hydrogens (tertiary/aromatic N) is 2. The first-order valence-corrected chi connectivity index (χ1v) is 6.60. The zero-order chi connectivity index (χ0) is 14.4. The summed E-state index contributed by atoms with van der Waals surface area (Å²) in [6.07, 6.45) is 2.47. The summed E-state index contributed by atoms with van der Waals surface area (Å²) in [5.41, 5.74) is 2.26. The Morgan fingerprint density at radius 1 is 1.20 bits per heavy atom. The van der Waals surface area contributed by atoms with Crippen LogP contribution in [0.25, 0.3) is 0 Å². The van der Waals surface area contributed by atoms with Gasteiger partial charge in [-0.25, -0.2) is 9.97 Å². The highest BCUT2D eigenvalue weighted by Crippen LogP contribution is 2.18. The lowest BCUT2D eigenvalue weighted by Crippen LogP contribution is -2.09. The van der Waals surface area contributed by atoms with Gasteiger partial charge < -0.3 is 15.4 Å². The number of aromatic nitrogens is 2. The molecule has 2 aromatic rings. The van der Waals surface area contributed by atoms with Crippen molar-refractivity contribution in [3.63, 3.8) is 0 Å². The molecule has 0 amide bonds. The van der Waals surface area contributed by atoms with E-state index in [1.807, 2.05) is 32.2 Å². The SMILES string of the molecule is CNc1ncnc(NCCc2cccc(OC)c2)c1C. The number of rotatable bonds is 6. The van der Waals surface area contributed by atoms with Crippen LogP contribution in [-0.4, -0.2) is 30.7 Å². The Bertz CT molecular complexity index is 572. The molecule has 2 rings (SSSR count). The van der Waals surface area contributed by atoms with Crippen molar-refractivity contribution in [3.05, 3.63) is 41.7 Å². The van der Waals surface area contributed by atoms with Crippen molar-refractivity contribution in [2.75, 3.05) is 31.3 Å². The van der Waals surface area contributed by atoms with Crippen molar-refractivity contribution in [1.29, 1.82) is 0 Å². The van der Waals surface area contributed by atoms with Gasteiger partial charge in [-0.3, -0.25) is 0 Å². The predicted molar refractivity (Wildman–Crippen MR) is 81.5 cm³/mol. The quantitative estimate of drug-likeness (QED) is 0.846. The largest absolute Gasteiger partial charge is 0.497 e.